The van der Waals surface area contributed by atoms with E-state index >= 15 is 0 Å². The molecule has 1 aromatic carbocycles. The lowest BCUT2D eigenvalue weighted by Gasteiger charge is -2.23. The number of carbonyl (C=O) groups excluding carboxylic acids is 1. The van der Waals surface area contributed by atoms with Crippen LogP contribution in [0.5, 0.6) is 0 Å². The molecule has 1 aliphatic heterocycles. The van der Waals surface area contributed by atoms with E-state index in [1.165, 1.54) is 0 Å². The van der Waals surface area contributed by atoms with Crippen molar-refractivity contribution >= 4 is 23.2 Å². The Bertz CT molecular complexity index is 1900. The Morgan fingerprint density at radius 2 is 1.86 bits per heavy atom. The standard InChI is InChI=1S/C32H28ClN7O2/c1-19-5-6-22-15-32(22,28-12-20(9-11-35-28)30-27(38-31(19)42)17-37-39(30)2)40-18-36-26(14-29(40)41)25-13-23(33)7-8-24(25)21-4-3-10-34-16-21/h3-4,7-14,16-19,22H,5-6,15H2,1-2H3,(H,38,42)/t19-,22?,32?/m1/s1. The Kier molecular flexibility index (Phi) is 6.27. The molecule has 5 heterocycles. The number of hydrogen-bond acceptors (Lipinski definition) is 6. The average Bonchev–Trinajstić information content (AvgIpc) is 3.62. The van der Waals surface area contributed by atoms with E-state index < -0.39 is 5.54 Å². The fourth-order valence-corrected chi connectivity index (χ4v) is 6.44. The molecule has 1 aliphatic carbocycles. The molecule has 7 rings (SSSR count). The third-order valence-corrected chi connectivity index (χ3v) is 8.85. The van der Waals surface area contributed by atoms with Gasteiger partial charge in [-0.25, -0.2) is 4.98 Å². The quantitative estimate of drug-likeness (QED) is 0.301. The molecule has 0 saturated heterocycles. The molecule has 10 heteroatoms. The number of nitrogens with zero attached hydrogens (tertiary/aromatic N) is 6. The van der Waals surface area contributed by atoms with Gasteiger partial charge in [0.2, 0.25) is 5.91 Å². The van der Waals surface area contributed by atoms with Gasteiger partial charge in [0.15, 0.2) is 0 Å². The van der Waals surface area contributed by atoms with Gasteiger partial charge in [-0.1, -0.05) is 30.7 Å². The predicted octanol–water partition coefficient (Wildman–Crippen LogP) is 5.55. The second-order valence-corrected chi connectivity index (χ2v) is 11.6. The van der Waals surface area contributed by atoms with Gasteiger partial charge in [0.1, 0.15) is 0 Å². The van der Waals surface area contributed by atoms with Gasteiger partial charge in [0.05, 0.1) is 40.8 Å². The number of halogens is 1. The number of aryl methyl sites for hydroxylation is 1. The number of hydrogen-bond donors (Lipinski definition) is 1. The third kappa shape index (κ3) is 4.32. The lowest BCUT2D eigenvalue weighted by molar-refractivity contribution is -0.119. The Hall–Kier alpha value is -4.63. The Labute approximate surface area is 247 Å². The number of rotatable bonds is 3. The summed E-state index contributed by atoms with van der Waals surface area (Å²) in [6.45, 7) is 1.94. The number of nitrogens with one attached hydrogen (secondary N) is 1. The summed E-state index contributed by atoms with van der Waals surface area (Å²) in [6.07, 6.45) is 10.8. The molecule has 2 aliphatic rings. The van der Waals surface area contributed by atoms with E-state index in [1.807, 2.05) is 56.4 Å². The molecule has 2 unspecified atom stereocenters. The summed E-state index contributed by atoms with van der Waals surface area (Å²) in [7, 11) is 1.85. The maximum Gasteiger partial charge on any atom is 0.254 e. The van der Waals surface area contributed by atoms with E-state index in [4.69, 9.17) is 21.6 Å². The smallest absolute Gasteiger partial charge is 0.254 e. The molecule has 1 amide bonds. The lowest BCUT2D eigenvalue weighted by atomic mass is 9.96. The van der Waals surface area contributed by atoms with Crippen molar-refractivity contribution in [1.82, 2.24) is 29.3 Å². The summed E-state index contributed by atoms with van der Waals surface area (Å²) in [5.74, 6) is -0.115. The summed E-state index contributed by atoms with van der Waals surface area (Å²) in [4.78, 5) is 40.8. The summed E-state index contributed by atoms with van der Waals surface area (Å²) in [5, 5.41) is 8.01. The van der Waals surface area contributed by atoms with Crippen LogP contribution in [0.1, 0.15) is 31.9 Å². The van der Waals surface area contributed by atoms with Crippen LogP contribution in [0.15, 0.2) is 84.4 Å². The maximum atomic E-state index is 13.9. The van der Waals surface area contributed by atoms with Crippen molar-refractivity contribution in [3.8, 4) is 33.6 Å². The lowest BCUT2D eigenvalue weighted by Crippen LogP contribution is -2.34. The molecule has 4 aromatic heterocycles. The van der Waals surface area contributed by atoms with Crippen LogP contribution in [0.3, 0.4) is 0 Å². The molecular formula is C32H28ClN7O2. The molecule has 0 spiro atoms. The molecular weight excluding hydrogens is 550 g/mol. The highest BCUT2D eigenvalue weighted by Gasteiger charge is 2.58. The first-order valence-corrected chi connectivity index (χ1v) is 14.3. The number of aromatic nitrogens is 6. The molecule has 2 bridgehead atoms. The number of anilines is 1. The molecule has 1 fully saturated rings. The second kappa shape index (κ2) is 10.0. The van der Waals surface area contributed by atoms with Crippen molar-refractivity contribution in [3.05, 3.63) is 101 Å². The van der Waals surface area contributed by atoms with E-state index in [1.54, 1.807) is 46.4 Å². The third-order valence-electron chi connectivity index (χ3n) is 8.61. The largest absolute Gasteiger partial charge is 0.323 e. The summed E-state index contributed by atoms with van der Waals surface area (Å²) >= 11 is 6.39. The summed E-state index contributed by atoms with van der Waals surface area (Å²) in [6, 6.07) is 14.9. The number of carbonyl (C=O) groups is 1. The zero-order valence-corrected chi connectivity index (χ0v) is 23.9. The van der Waals surface area contributed by atoms with Crippen LogP contribution in [-0.2, 0) is 17.4 Å². The van der Waals surface area contributed by atoms with Crippen LogP contribution in [-0.4, -0.2) is 35.2 Å². The van der Waals surface area contributed by atoms with Gasteiger partial charge in [0.25, 0.3) is 5.56 Å². The van der Waals surface area contributed by atoms with Crippen molar-refractivity contribution in [2.75, 3.05) is 5.32 Å². The highest BCUT2D eigenvalue weighted by atomic mass is 35.5. The minimum atomic E-state index is -0.659. The molecule has 1 saturated carbocycles. The van der Waals surface area contributed by atoms with Crippen molar-refractivity contribution < 1.29 is 4.79 Å². The number of benzene rings is 1. The fourth-order valence-electron chi connectivity index (χ4n) is 6.26. The van der Waals surface area contributed by atoms with Crippen LogP contribution in [0.2, 0.25) is 5.02 Å². The van der Waals surface area contributed by atoms with Crippen LogP contribution in [0.25, 0.3) is 33.6 Å². The minimum Gasteiger partial charge on any atom is -0.323 e. The molecule has 42 heavy (non-hydrogen) atoms. The van der Waals surface area contributed by atoms with Gasteiger partial charge < -0.3 is 5.32 Å². The molecule has 210 valence electrons. The normalized spacial score (nSPS) is 21.4. The zero-order valence-electron chi connectivity index (χ0n) is 23.2. The van der Waals surface area contributed by atoms with Gasteiger partial charge in [-0.05, 0) is 61.1 Å². The van der Waals surface area contributed by atoms with E-state index in [9.17, 15) is 9.59 Å². The van der Waals surface area contributed by atoms with Gasteiger partial charge in [-0.2, -0.15) is 5.10 Å². The van der Waals surface area contributed by atoms with E-state index in [0.29, 0.717) is 22.8 Å². The highest BCUT2D eigenvalue weighted by Crippen LogP contribution is 2.57. The van der Waals surface area contributed by atoms with Crippen LogP contribution >= 0.6 is 11.6 Å². The fraction of sp³-hybridized carbons (Fsp3) is 0.250. The molecule has 5 aromatic rings. The number of fused-ring (bicyclic) bond motifs is 6. The minimum absolute atomic E-state index is 0.0421. The monoisotopic (exact) mass is 577 g/mol. The Morgan fingerprint density at radius 1 is 0.976 bits per heavy atom. The molecule has 0 radical (unpaired) electrons. The van der Waals surface area contributed by atoms with Crippen LogP contribution < -0.4 is 10.9 Å². The first-order chi connectivity index (χ1) is 20.3. The van der Waals surface area contributed by atoms with Gasteiger partial charge in [-0.3, -0.25) is 28.8 Å². The van der Waals surface area contributed by atoms with Crippen molar-refractivity contribution in [2.24, 2.45) is 18.9 Å². The molecule has 1 N–H and O–H groups in total. The predicted molar refractivity (Wildman–Crippen MR) is 161 cm³/mol. The maximum absolute atomic E-state index is 13.9. The van der Waals surface area contributed by atoms with Crippen molar-refractivity contribution in [3.63, 3.8) is 0 Å². The van der Waals surface area contributed by atoms with E-state index in [0.717, 1.165) is 46.5 Å². The number of amides is 1. The Balaban J connectivity index is 1.35. The summed E-state index contributed by atoms with van der Waals surface area (Å²) in [5.41, 5.74) is 5.36. The van der Waals surface area contributed by atoms with E-state index in [-0.39, 0.29) is 23.3 Å². The average molecular weight is 578 g/mol. The summed E-state index contributed by atoms with van der Waals surface area (Å²) < 4.78 is 3.47. The van der Waals surface area contributed by atoms with Crippen molar-refractivity contribution in [1.29, 1.82) is 0 Å². The van der Waals surface area contributed by atoms with E-state index in [2.05, 4.69) is 15.4 Å². The van der Waals surface area contributed by atoms with Crippen LogP contribution in [0.4, 0.5) is 5.69 Å². The van der Waals surface area contributed by atoms with Gasteiger partial charge in [0, 0.05) is 59.3 Å². The van der Waals surface area contributed by atoms with Crippen LogP contribution in [0, 0.1) is 11.8 Å². The SMILES string of the molecule is C[C@@H]1CCC2CC2(n2cnc(-c3cc(Cl)ccc3-c3cccnc3)cc2=O)c2cc(ccn2)-c2c(cnn2C)NC1=O. The first-order valence-electron chi connectivity index (χ1n) is 13.9. The zero-order chi connectivity index (χ0) is 29.0. The van der Waals surface area contributed by atoms with Gasteiger partial charge in [-0.15, -0.1) is 0 Å². The number of pyridine rings is 2. The second-order valence-electron chi connectivity index (χ2n) is 11.2. The molecule has 9 nitrogen and oxygen atoms in total. The molecule has 3 atom stereocenters. The van der Waals surface area contributed by atoms with Gasteiger partial charge >= 0.3 is 0 Å². The first kappa shape index (κ1) is 26.3. The highest BCUT2D eigenvalue weighted by molar-refractivity contribution is 6.31. The topological polar surface area (TPSA) is 108 Å². The Morgan fingerprint density at radius 3 is 2.67 bits per heavy atom. The van der Waals surface area contributed by atoms with Crippen molar-refractivity contribution in [2.45, 2.75) is 31.7 Å².